The van der Waals surface area contributed by atoms with Gasteiger partial charge in [0.1, 0.15) is 6.33 Å². The van der Waals surface area contributed by atoms with Crippen molar-refractivity contribution in [1.29, 1.82) is 0 Å². The Morgan fingerprint density at radius 2 is 2.00 bits per heavy atom. The Labute approximate surface area is 159 Å². The SMILES string of the molecule is CCOC(=O)C1CCN(Cn2ncn([C@@H](C)c3ccccc3)c2=S)CC1. The van der Waals surface area contributed by atoms with Gasteiger partial charge in [0, 0.05) is 13.1 Å². The number of ether oxygens (including phenoxy) is 1. The van der Waals surface area contributed by atoms with Gasteiger partial charge in [0.15, 0.2) is 4.77 Å². The van der Waals surface area contributed by atoms with E-state index >= 15 is 0 Å². The van der Waals surface area contributed by atoms with Crippen LogP contribution in [-0.2, 0) is 16.2 Å². The molecule has 1 aliphatic rings. The Kier molecular flexibility index (Phi) is 6.21. The maximum absolute atomic E-state index is 11.9. The third kappa shape index (κ3) is 4.22. The lowest BCUT2D eigenvalue weighted by Crippen LogP contribution is -2.38. The van der Waals surface area contributed by atoms with Gasteiger partial charge >= 0.3 is 5.97 Å². The van der Waals surface area contributed by atoms with Gasteiger partial charge in [-0.25, -0.2) is 4.68 Å². The number of rotatable bonds is 6. The van der Waals surface area contributed by atoms with Gasteiger partial charge in [0.2, 0.25) is 0 Å². The fraction of sp³-hybridized carbons (Fsp3) is 0.526. The summed E-state index contributed by atoms with van der Waals surface area (Å²) >= 11 is 5.63. The summed E-state index contributed by atoms with van der Waals surface area (Å²) in [6.07, 6.45) is 3.46. The van der Waals surface area contributed by atoms with E-state index in [0.29, 0.717) is 18.0 Å². The van der Waals surface area contributed by atoms with E-state index in [0.717, 1.165) is 25.9 Å². The molecular formula is C19H26N4O2S. The highest BCUT2D eigenvalue weighted by molar-refractivity contribution is 7.71. The standard InChI is InChI=1S/C19H26N4O2S/c1-3-25-18(24)17-9-11-21(12-10-17)14-23-19(26)22(13-20-23)15(2)16-7-5-4-6-8-16/h4-8,13,15,17H,3,9-12,14H2,1-2H3/t15-/m0/s1. The molecule has 2 heterocycles. The van der Waals surface area contributed by atoms with Crippen molar-refractivity contribution in [2.24, 2.45) is 5.92 Å². The van der Waals surface area contributed by atoms with Crippen LogP contribution in [-0.4, -0.2) is 44.9 Å². The topological polar surface area (TPSA) is 52.3 Å². The molecular weight excluding hydrogens is 348 g/mol. The van der Waals surface area contributed by atoms with Gasteiger partial charge in [-0.1, -0.05) is 30.3 Å². The molecule has 0 saturated carbocycles. The second kappa shape index (κ2) is 8.60. The number of nitrogens with zero attached hydrogens (tertiary/aromatic N) is 4. The fourth-order valence-corrected chi connectivity index (χ4v) is 3.67. The number of hydrogen-bond acceptors (Lipinski definition) is 5. The molecule has 0 unspecified atom stereocenters. The molecule has 2 aromatic rings. The summed E-state index contributed by atoms with van der Waals surface area (Å²) in [4.78, 5) is 14.1. The largest absolute Gasteiger partial charge is 0.466 e. The Morgan fingerprint density at radius 1 is 1.31 bits per heavy atom. The van der Waals surface area contributed by atoms with Crippen LogP contribution in [0.5, 0.6) is 0 Å². The van der Waals surface area contributed by atoms with Crippen molar-refractivity contribution in [2.75, 3.05) is 19.7 Å². The minimum atomic E-state index is -0.0651. The number of carbonyl (C=O) groups is 1. The summed E-state index contributed by atoms with van der Waals surface area (Å²) in [7, 11) is 0. The van der Waals surface area contributed by atoms with Crippen LogP contribution in [0, 0.1) is 10.7 Å². The maximum atomic E-state index is 11.9. The van der Waals surface area contributed by atoms with E-state index in [1.165, 1.54) is 5.56 Å². The van der Waals surface area contributed by atoms with E-state index in [2.05, 4.69) is 29.1 Å². The van der Waals surface area contributed by atoms with E-state index in [1.807, 2.05) is 40.7 Å². The van der Waals surface area contributed by atoms with Gasteiger partial charge < -0.3 is 4.74 Å². The molecule has 6 nitrogen and oxygen atoms in total. The molecule has 3 rings (SSSR count). The molecule has 140 valence electrons. The zero-order chi connectivity index (χ0) is 18.5. The third-order valence-electron chi connectivity index (χ3n) is 5.00. The zero-order valence-corrected chi connectivity index (χ0v) is 16.2. The van der Waals surface area contributed by atoms with Gasteiger partial charge in [0.05, 0.1) is 25.2 Å². The Balaban J connectivity index is 1.61. The summed E-state index contributed by atoms with van der Waals surface area (Å²) in [6.45, 7) is 6.79. The van der Waals surface area contributed by atoms with Crippen molar-refractivity contribution >= 4 is 18.2 Å². The first-order chi connectivity index (χ1) is 12.6. The molecule has 1 fully saturated rings. The number of esters is 1. The Hall–Kier alpha value is -1.99. The predicted molar refractivity (Wildman–Crippen MR) is 102 cm³/mol. The number of likely N-dealkylation sites (tertiary alicyclic amines) is 1. The molecule has 0 spiro atoms. The van der Waals surface area contributed by atoms with Gasteiger partial charge in [0.25, 0.3) is 0 Å². The molecule has 1 aliphatic heterocycles. The molecule has 0 N–H and O–H groups in total. The molecule has 26 heavy (non-hydrogen) atoms. The van der Waals surface area contributed by atoms with Crippen LogP contribution in [0.15, 0.2) is 36.7 Å². The lowest BCUT2D eigenvalue weighted by Gasteiger charge is -2.30. The van der Waals surface area contributed by atoms with Crippen LogP contribution in [0.1, 0.15) is 38.3 Å². The van der Waals surface area contributed by atoms with Gasteiger partial charge in [-0.2, -0.15) is 5.10 Å². The minimum absolute atomic E-state index is 0.0230. The number of benzene rings is 1. The van der Waals surface area contributed by atoms with Crippen molar-refractivity contribution in [3.8, 4) is 0 Å². The lowest BCUT2D eigenvalue weighted by molar-refractivity contribution is -0.149. The van der Waals surface area contributed by atoms with Crippen molar-refractivity contribution in [2.45, 2.75) is 39.4 Å². The van der Waals surface area contributed by atoms with Crippen LogP contribution in [0.4, 0.5) is 0 Å². The van der Waals surface area contributed by atoms with Gasteiger partial charge in [-0.3, -0.25) is 14.3 Å². The monoisotopic (exact) mass is 374 g/mol. The molecule has 0 aliphatic carbocycles. The first kappa shape index (κ1) is 18.8. The average Bonchev–Trinajstić information content (AvgIpc) is 3.03. The summed E-state index contributed by atoms with van der Waals surface area (Å²) in [5.74, 6) is -0.0421. The number of hydrogen-bond donors (Lipinski definition) is 0. The molecule has 1 aromatic heterocycles. The van der Waals surface area contributed by atoms with Crippen LogP contribution in [0.25, 0.3) is 0 Å². The highest BCUT2D eigenvalue weighted by atomic mass is 32.1. The smallest absolute Gasteiger partial charge is 0.309 e. The first-order valence-electron chi connectivity index (χ1n) is 9.18. The first-order valence-corrected chi connectivity index (χ1v) is 9.59. The molecule has 0 radical (unpaired) electrons. The van der Waals surface area contributed by atoms with E-state index in [1.54, 1.807) is 0 Å². The summed E-state index contributed by atoms with van der Waals surface area (Å²) in [5, 5.41) is 4.48. The number of piperidine rings is 1. The molecule has 7 heteroatoms. The van der Waals surface area contributed by atoms with Crippen molar-refractivity contribution < 1.29 is 9.53 Å². The van der Waals surface area contributed by atoms with Crippen molar-refractivity contribution in [3.63, 3.8) is 0 Å². The molecule has 1 atom stereocenters. The van der Waals surface area contributed by atoms with Gasteiger partial charge in [-0.05, 0) is 44.5 Å². The van der Waals surface area contributed by atoms with E-state index in [-0.39, 0.29) is 17.9 Å². The minimum Gasteiger partial charge on any atom is -0.466 e. The zero-order valence-electron chi connectivity index (χ0n) is 15.4. The van der Waals surface area contributed by atoms with Crippen LogP contribution >= 0.6 is 12.2 Å². The van der Waals surface area contributed by atoms with Crippen molar-refractivity contribution in [3.05, 3.63) is 47.0 Å². The lowest BCUT2D eigenvalue weighted by atomic mass is 9.97. The third-order valence-corrected chi connectivity index (χ3v) is 5.42. The second-order valence-electron chi connectivity index (χ2n) is 6.69. The molecule has 1 aromatic carbocycles. The number of aromatic nitrogens is 3. The fourth-order valence-electron chi connectivity index (χ4n) is 3.36. The van der Waals surface area contributed by atoms with Crippen LogP contribution < -0.4 is 0 Å². The maximum Gasteiger partial charge on any atom is 0.309 e. The summed E-state index contributed by atoms with van der Waals surface area (Å²) in [5.41, 5.74) is 1.21. The predicted octanol–water partition coefficient (Wildman–Crippen LogP) is 3.26. The van der Waals surface area contributed by atoms with Crippen molar-refractivity contribution in [1.82, 2.24) is 19.2 Å². The summed E-state index contributed by atoms with van der Waals surface area (Å²) in [6, 6.07) is 10.4. The second-order valence-corrected chi connectivity index (χ2v) is 7.06. The normalized spacial score (nSPS) is 17.2. The summed E-state index contributed by atoms with van der Waals surface area (Å²) < 4.78 is 9.73. The van der Waals surface area contributed by atoms with Crippen LogP contribution in [0.3, 0.4) is 0 Å². The number of carbonyl (C=O) groups excluding carboxylic acids is 1. The van der Waals surface area contributed by atoms with E-state index in [9.17, 15) is 4.79 Å². The molecule has 0 bridgehead atoms. The highest BCUT2D eigenvalue weighted by Crippen LogP contribution is 2.20. The van der Waals surface area contributed by atoms with E-state index < -0.39 is 0 Å². The quantitative estimate of drug-likeness (QED) is 0.574. The van der Waals surface area contributed by atoms with Crippen LogP contribution in [0.2, 0.25) is 0 Å². The molecule has 0 amide bonds. The Bertz CT molecular complexity index is 778. The van der Waals surface area contributed by atoms with E-state index in [4.69, 9.17) is 17.0 Å². The average molecular weight is 375 g/mol. The van der Waals surface area contributed by atoms with Gasteiger partial charge in [-0.15, -0.1) is 0 Å². The highest BCUT2D eigenvalue weighted by Gasteiger charge is 2.26. The molecule has 1 saturated heterocycles. The Morgan fingerprint density at radius 3 is 2.65 bits per heavy atom.